The number of carbonyl (C=O) groups is 1. The molecule has 2 aromatic heterocycles. The minimum atomic E-state index is -0.555. The highest BCUT2D eigenvalue weighted by atomic mass is 35.5. The first kappa shape index (κ1) is 18.5. The summed E-state index contributed by atoms with van der Waals surface area (Å²) in [7, 11) is 0. The minimum absolute atomic E-state index is 0.00350. The van der Waals surface area contributed by atoms with E-state index < -0.39 is 5.82 Å². The summed E-state index contributed by atoms with van der Waals surface area (Å²) in [6, 6.07) is 6.60. The lowest BCUT2D eigenvalue weighted by atomic mass is 10.1. The maximum Gasteiger partial charge on any atom is 0.239 e. The van der Waals surface area contributed by atoms with Gasteiger partial charge in [0.25, 0.3) is 0 Å². The number of rotatable bonds is 5. The molecule has 4 rings (SSSR count). The highest BCUT2D eigenvalue weighted by Gasteiger charge is 2.24. The lowest BCUT2D eigenvalue weighted by Gasteiger charge is -2.34. The molecule has 0 saturated carbocycles. The van der Waals surface area contributed by atoms with Crippen molar-refractivity contribution in [3.8, 4) is 0 Å². The zero-order chi connectivity index (χ0) is 19.5. The Morgan fingerprint density at radius 3 is 3.14 bits per heavy atom. The third-order valence-corrected chi connectivity index (χ3v) is 5.10. The zero-order valence-corrected chi connectivity index (χ0v) is 15.8. The van der Waals surface area contributed by atoms with Crippen LogP contribution in [0.5, 0.6) is 0 Å². The number of nitrogens with one attached hydrogen (secondary N) is 3. The Kier molecular flexibility index (Phi) is 5.29. The van der Waals surface area contributed by atoms with Crippen LogP contribution in [0.2, 0.25) is 5.02 Å². The van der Waals surface area contributed by atoms with E-state index in [9.17, 15) is 9.18 Å². The number of aromatic nitrogens is 3. The standard InChI is InChI=1S/C19H20ClFN6O/c20-14-4-1-5-15(17(14)21)23-9-16(28)26-12-3-2-8-27(10-12)19-13-6-7-22-18(13)24-11-25-19/h1,4-7,11-12,23H,2-3,8-10H2,(H,26,28)(H,22,24,25)/t12-/m1/s1. The van der Waals surface area contributed by atoms with E-state index in [0.717, 1.165) is 36.2 Å². The van der Waals surface area contributed by atoms with Gasteiger partial charge in [-0.2, -0.15) is 0 Å². The normalized spacial score (nSPS) is 16.9. The van der Waals surface area contributed by atoms with E-state index in [1.807, 2.05) is 12.3 Å². The first-order valence-electron chi connectivity index (χ1n) is 9.12. The Labute approximate surface area is 166 Å². The molecule has 0 spiro atoms. The number of halogens is 2. The number of amides is 1. The molecule has 1 amide bonds. The molecular weight excluding hydrogens is 383 g/mol. The number of H-pyrrole nitrogens is 1. The van der Waals surface area contributed by atoms with Crippen molar-refractivity contribution in [3.05, 3.63) is 47.6 Å². The molecule has 1 fully saturated rings. The van der Waals surface area contributed by atoms with Crippen LogP contribution in [0.25, 0.3) is 11.0 Å². The molecule has 0 unspecified atom stereocenters. The van der Waals surface area contributed by atoms with Gasteiger partial charge in [0, 0.05) is 25.3 Å². The Hall–Kier alpha value is -2.87. The summed E-state index contributed by atoms with van der Waals surface area (Å²) in [5.41, 5.74) is 1.01. The monoisotopic (exact) mass is 402 g/mol. The van der Waals surface area contributed by atoms with Crippen LogP contribution in [-0.2, 0) is 4.79 Å². The predicted molar refractivity (Wildman–Crippen MR) is 107 cm³/mol. The molecule has 0 bridgehead atoms. The molecule has 0 radical (unpaired) electrons. The zero-order valence-electron chi connectivity index (χ0n) is 15.1. The minimum Gasteiger partial charge on any atom is -0.374 e. The average molecular weight is 403 g/mol. The molecule has 7 nitrogen and oxygen atoms in total. The van der Waals surface area contributed by atoms with Crippen molar-refractivity contribution in [2.24, 2.45) is 0 Å². The van der Waals surface area contributed by atoms with Gasteiger partial charge in [-0.05, 0) is 31.0 Å². The van der Waals surface area contributed by atoms with Gasteiger partial charge in [0.1, 0.15) is 17.8 Å². The average Bonchev–Trinajstić information content (AvgIpc) is 3.18. The Bertz CT molecular complexity index is 993. The molecule has 1 aliphatic heterocycles. The number of hydrogen-bond donors (Lipinski definition) is 3. The van der Waals surface area contributed by atoms with E-state index in [1.54, 1.807) is 18.5 Å². The summed E-state index contributed by atoms with van der Waals surface area (Å²) in [5.74, 6) is 0.116. The molecule has 3 heterocycles. The van der Waals surface area contributed by atoms with Crippen LogP contribution in [0.1, 0.15) is 12.8 Å². The molecule has 28 heavy (non-hydrogen) atoms. The second-order valence-electron chi connectivity index (χ2n) is 6.74. The molecular formula is C19H20ClFN6O. The summed E-state index contributed by atoms with van der Waals surface area (Å²) in [6.07, 6.45) is 5.21. The van der Waals surface area contributed by atoms with Crippen molar-refractivity contribution in [1.82, 2.24) is 20.3 Å². The molecule has 0 aliphatic carbocycles. The summed E-state index contributed by atoms with van der Waals surface area (Å²) in [5, 5.41) is 6.80. The van der Waals surface area contributed by atoms with Gasteiger partial charge in [-0.15, -0.1) is 0 Å². The van der Waals surface area contributed by atoms with Crippen molar-refractivity contribution < 1.29 is 9.18 Å². The smallest absolute Gasteiger partial charge is 0.239 e. The van der Waals surface area contributed by atoms with Crippen molar-refractivity contribution in [3.63, 3.8) is 0 Å². The SMILES string of the molecule is O=C(CNc1cccc(Cl)c1F)N[C@@H]1CCCN(c2ncnc3[nH]ccc23)C1. The molecule has 1 saturated heterocycles. The quantitative estimate of drug-likeness (QED) is 0.611. The molecule has 1 aliphatic rings. The fourth-order valence-electron chi connectivity index (χ4n) is 3.49. The number of anilines is 2. The summed E-state index contributed by atoms with van der Waals surface area (Å²) >= 11 is 5.76. The van der Waals surface area contributed by atoms with Crippen LogP contribution >= 0.6 is 11.6 Å². The second kappa shape index (κ2) is 8.02. The van der Waals surface area contributed by atoms with Gasteiger partial charge in [-0.1, -0.05) is 17.7 Å². The number of nitrogens with zero attached hydrogens (tertiary/aromatic N) is 3. The van der Waals surface area contributed by atoms with Gasteiger partial charge in [0.05, 0.1) is 22.6 Å². The Morgan fingerprint density at radius 1 is 1.36 bits per heavy atom. The second-order valence-corrected chi connectivity index (χ2v) is 7.15. The fraction of sp³-hybridized carbons (Fsp3) is 0.316. The van der Waals surface area contributed by atoms with Gasteiger partial charge in [-0.25, -0.2) is 14.4 Å². The molecule has 146 valence electrons. The topological polar surface area (TPSA) is 85.9 Å². The van der Waals surface area contributed by atoms with Crippen LogP contribution in [0.4, 0.5) is 15.9 Å². The summed E-state index contributed by atoms with van der Waals surface area (Å²) in [6.45, 7) is 1.51. The summed E-state index contributed by atoms with van der Waals surface area (Å²) in [4.78, 5) is 26.2. The van der Waals surface area contributed by atoms with E-state index in [-0.39, 0.29) is 29.2 Å². The van der Waals surface area contributed by atoms with Crippen LogP contribution in [0, 0.1) is 5.82 Å². The van der Waals surface area contributed by atoms with Crippen LogP contribution < -0.4 is 15.5 Å². The highest BCUT2D eigenvalue weighted by Crippen LogP contribution is 2.25. The lowest BCUT2D eigenvalue weighted by molar-refractivity contribution is -0.120. The van der Waals surface area contributed by atoms with E-state index in [1.165, 1.54) is 6.07 Å². The van der Waals surface area contributed by atoms with Crippen LogP contribution in [0.15, 0.2) is 36.8 Å². The largest absolute Gasteiger partial charge is 0.374 e. The molecule has 1 atom stereocenters. The first-order valence-corrected chi connectivity index (χ1v) is 9.50. The summed E-state index contributed by atoms with van der Waals surface area (Å²) < 4.78 is 13.9. The number of benzene rings is 1. The van der Waals surface area contributed by atoms with Crippen molar-refractivity contribution >= 4 is 40.0 Å². The molecule has 9 heteroatoms. The van der Waals surface area contributed by atoms with Crippen molar-refractivity contribution in [2.45, 2.75) is 18.9 Å². The first-order chi connectivity index (χ1) is 13.6. The van der Waals surface area contributed by atoms with Crippen LogP contribution in [-0.4, -0.2) is 46.5 Å². The number of aromatic amines is 1. The predicted octanol–water partition coefficient (Wildman–Crippen LogP) is 2.95. The van der Waals surface area contributed by atoms with Gasteiger partial charge >= 0.3 is 0 Å². The molecule has 1 aromatic carbocycles. The fourth-order valence-corrected chi connectivity index (χ4v) is 3.67. The highest BCUT2D eigenvalue weighted by molar-refractivity contribution is 6.31. The number of piperidine rings is 1. The Morgan fingerprint density at radius 2 is 2.25 bits per heavy atom. The van der Waals surface area contributed by atoms with Gasteiger partial charge < -0.3 is 20.5 Å². The van der Waals surface area contributed by atoms with Gasteiger partial charge in [-0.3, -0.25) is 4.79 Å². The Balaban J connectivity index is 1.36. The molecule has 3 aromatic rings. The maximum absolute atomic E-state index is 13.9. The van der Waals surface area contributed by atoms with Gasteiger partial charge in [0.15, 0.2) is 5.82 Å². The van der Waals surface area contributed by atoms with E-state index in [4.69, 9.17) is 11.6 Å². The lowest BCUT2D eigenvalue weighted by Crippen LogP contribution is -2.49. The number of fused-ring (bicyclic) bond motifs is 1. The van der Waals surface area contributed by atoms with Crippen molar-refractivity contribution in [2.75, 3.05) is 29.9 Å². The third kappa shape index (κ3) is 3.87. The maximum atomic E-state index is 13.9. The van der Waals surface area contributed by atoms with E-state index >= 15 is 0 Å². The van der Waals surface area contributed by atoms with E-state index in [0.29, 0.717) is 6.54 Å². The van der Waals surface area contributed by atoms with E-state index in [2.05, 4.69) is 30.5 Å². The number of hydrogen-bond acceptors (Lipinski definition) is 5. The van der Waals surface area contributed by atoms with Gasteiger partial charge in [0.2, 0.25) is 5.91 Å². The molecule has 3 N–H and O–H groups in total. The van der Waals surface area contributed by atoms with Crippen molar-refractivity contribution in [1.29, 1.82) is 0 Å². The number of carbonyl (C=O) groups excluding carboxylic acids is 1. The third-order valence-electron chi connectivity index (χ3n) is 4.81. The van der Waals surface area contributed by atoms with Crippen LogP contribution in [0.3, 0.4) is 0 Å².